The van der Waals surface area contributed by atoms with Crippen LogP contribution in [0.3, 0.4) is 0 Å². The first-order valence-electron chi connectivity index (χ1n) is 8.26. The SMILES string of the molecule is C[C@@H](Oc1ccccc1)C(=O)N(CCc1cccs1)Cc1ccoc1. The van der Waals surface area contributed by atoms with E-state index in [-0.39, 0.29) is 5.91 Å². The van der Waals surface area contributed by atoms with Gasteiger partial charge in [-0.05, 0) is 43.0 Å². The summed E-state index contributed by atoms with van der Waals surface area (Å²) < 4.78 is 10.9. The Bertz CT molecular complexity index is 754. The lowest BCUT2D eigenvalue weighted by atomic mass is 10.2. The number of para-hydroxylation sites is 1. The summed E-state index contributed by atoms with van der Waals surface area (Å²) in [6.07, 6.45) is 3.59. The number of nitrogens with zero attached hydrogens (tertiary/aromatic N) is 1. The van der Waals surface area contributed by atoms with Crippen molar-refractivity contribution in [2.24, 2.45) is 0 Å². The predicted octanol–water partition coefficient (Wildman–Crippen LogP) is 4.38. The summed E-state index contributed by atoms with van der Waals surface area (Å²) in [6, 6.07) is 15.4. The molecule has 5 heteroatoms. The summed E-state index contributed by atoms with van der Waals surface area (Å²) in [4.78, 5) is 16.0. The molecule has 0 unspecified atom stereocenters. The van der Waals surface area contributed by atoms with Crippen LogP contribution in [-0.2, 0) is 17.8 Å². The standard InChI is InChI=1S/C20H21NO3S/c1-16(24-18-6-3-2-4-7-18)20(22)21(14-17-10-12-23-15-17)11-9-19-8-5-13-25-19/h2-8,10,12-13,15-16H,9,11,14H2,1H3/t16-/m1/s1. The van der Waals surface area contributed by atoms with Gasteiger partial charge in [-0.15, -0.1) is 11.3 Å². The Morgan fingerprint density at radius 1 is 1.20 bits per heavy atom. The van der Waals surface area contributed by atoms with Crippen LogP contribution in [0.5, 0.6) is 5.75 Å². The number of benzene rings is 1. The van der Waals surface area contributed by atoms with Crippen LogP contribution in [0, 0.1) is 0 Å². The van der Waals surface area contributed by atoms with Crippen LogP contribution in [-0.4, -0.2) is 23.5 Å². The first kappa shape index (κ1) is 17.3. The number of rotatable bonds is 8. The van der Waals surface area contributed by atoms with Crippen molar-refractivity contribution in [3.8, 4) is 5.75 Å². The first-order chi connectivity index (χ1) is 12.2. The molecule has 0 saturated carbocycles. The normalized spacial score (nSPS) is 11.9. The van der Waals surface area contributed by atoms with Gasteiger partial charge >= 0.3 is 0 Å². The van der Waals surface area contributed by atoms with Crippen molar-refractivity contribution in [2.45, 2.75) is 26.0 Å². The molecule has 1 amide bonds. The van der Waals surface area contributed by atoms with Crippen molar-refractivity contribution >= 4 is 17.2 Å². The highest BCUT2D eigenvalue weighted by atomic mass is 32.1. The van der Waals surface area contributed by atoms with Crippen molar-refractivity contribution in [1.82, 2.24) is 4.90 Å². The molecule has 4 nitrogen and oxygen atoms in total. The van der Waals surface area contributed by atoms with E-state index in [9.17, 15) is 4.79 Å². The summed E-state index contributed by atoms with van der Waals surface area (Å²) in [6.45, 7) is 2.96. The molecule has 0 aliphatic carbocycles. The Hall–Kier alpha value is -2.53. The molecule has 1 atom stereocenters. The lowest BCUT2D eigenvalue weighted by Crippen LogP contribution is -2.41. The first-order valence-corrected chi connectivity index (χ1v) is 9.14. The zero-order valence-electron chi connectivity index (χ0n) is 14.1. The Morgan fingerprint density at radius 2 is 2.04 bits per heavy atom. The summed E-state index contributed by atoms with van der Waals surface area (Å²) in [7, 11) is 0. The van der Waals surface area contributed by atoms with Gasteiger partial charge in [0.2, 0.25) is 0 Å². The molecule has 0 spiro atoms. The third-order valence-electron chi connectivity index (χ3n) is 3.88. The highest BCUT2D eigenvalue weighted by Crippen LogP contribution is 2.16. The van der Waals surface area contributed by atoms with Gasteiger partial charge < -0.3 is 14.1 Å². The highest BCUT2D eigenvalue weighted by molar-refractivity contribution is 7.09. The molecule has 0 saturated heterocycles. The van der Waals surface area contributed by atoms with Crippen LogP contribution in [0.4, 0.5) is 0 Å². The second-order valence-corrected chi connectivity index (χ2v) is 6.83. The largest absolute Gasteiger partial charge is 0.481 e. The van der Waals surface area contributed by atoms with Crippen molar-refractivity contribution < 1.29 is 13.9 Å². The number of hydrogen-bond acceptors (Lipinski definition) is 4. The monoisotopic (exact) mass is 355 g/mol. The molecule has 0 bridgehead atoms. The van der Waals surface area contributed by atoms with Crippen molar-refractivity contribution in [1.29, 1.82) is 0 Å². The van der Waals surface area contributed by atoms with Crippen molar-refractivity contribution in [3.63, 3.8) is 0 Å². The topological polar surface area (TPSA) is 42.7 Å². The van der Waals surface area contributed by atoms with E-state index in [1.54, 1.807) is 30.8 Å². The van der Waals surface area contributed by atoms with E-state index in [0.29, 0.717) is 18.8 Å². The molecule has 2 aromatic heterocycles. The van der Waals surface area contributed by atoms with Crippen LogP contribution in [0.25, 0.3) is 0 Å². The van der Waals surface area contributed by atoms with E-state index in [0.717, 1.165) is 12.0 Å². The Balaban J connectivity index is 1.66. The minimum atomic E-state index is -0.544. The summed E-state index contributed by atoms with van der Waals surface area (Å²) in [5, 5.41) is 2.05. The zero-order valence-corrected chi connectivity index (χ0v) is 14.9. The van der Waals surface area contributed by atoms with Crippen LogP contribution in [0.2, 0.25) is 0 Å². The third kappa shape index (κ3) is 4.97. The van der Waals surface area contributed by atoms with Crippen LogP contribution in [0.1, 0.15) is 17.4 Å². The van der Waals surface area contributed by atoms with Crippen molar-refractivity contribution in [3.05, 3.63) is 76.9 Å². The molecule has 130 valence electrons. The van der Waals surface area contributed by atoms with Gasteiger partial charge in [-0.25, -0.2) is 0 Å². The van der Waals surface area contributed by atoms with E-state index in [2.05, 4.69) is 11.4 Å². The lowest BCUT2D eigenvalue weighted by molar-refractivity contribution is -0.138. The quantitative estimate of drug-likeness (QED) is 0.602. The van der Waals surface area contributed by atoms with Gasteiger partial charge in [-0.3, -0.25) is 4.79 Å². The smallest absolute Gasteiger partial charge is 0.263 e. The molecule has 0 radical (unpaired) electrons. The van der Waals surface area contributed by atoms with E-state index in [4.69, 9.17) is 9.15 Å². The van der Waals surface area contributed by atoms with Gasteiger partial charge in [0, 0.05) is 23.5 Å². The van der Waals surface area contributed by atoms with Gasteiger partial charge in [-0.2, -0.15) is 0 Å². The second kappa shape index (κ2) is 8.53. The highest BCUT2D eigenvalue weighted by Gasteiger charge is 2.22. The van der Waals surface area contributed by atoms with Gasteiger partial charge in [0.1, 0.15) is 5.75 Å². The molecule has 0 fully saturated rings. The van der Waals surface area contributed by atoms with E-state index < -0.39 is 6.10 Å². The Labute approximate surface area is 151 Å². The molecule has 25 heavy (non-hydrogen) atoms. The molecule has 3 rings (SSSR count). The summed E-state index contributed by atoms with van der Waals surface area (Å²) >= 11 is 1.71. The number of furan rings is 1. The van der Waals surface area contributed by atoms with Gasteiger partial charge in [0.05, 0.1) is 12.5 Å². The molecule has 0 aliphatic heterocycles. The van der Waals surface area contributed by atoms with E-state index in [1.807, 2.05) is 47.4 Å². The molecule has 2 heterocycles. The predicted molar refractivity (Wildman–Crippen MR) is 98.7 cm³/mol. The lowest BCUT2D eigenvalue weighted by Gasteiger charge is -2.25. The summed E-state index contributed by atoms with van der Waals surface area (Å²) in [5.41, 5.74) is 0.978. The average molecular weight is 355 g/mol. The summed E-state index contributed by atoms with van der Waals surface area (Å²) in [5.74, 6) is 0.673. The maximum Gasteiger partial charge on any atom is 0.263 e. The Morgan fingerprint density at radius 3 is 2.72 bits per heavy atom. The van der Waals surface area contributed by atoms with Crippen molar-refractivity contribution in [2.75, 3.05) is 6.54 Å². The minimum Gasteiger partial charge on any atom is -0.481 e. The van der Waals surface area contributed by atoms with Gasteiger partial charge in [0.15, 0.2) is 6.10 Å². The zero-order chi connectivity index (χ0) is 17.5. The second-order valence-electron chi connectivity index (χ2n) is 5.79. The molecule has 3 aromatic rings. The number of hydrogen-bond donors (Lipinski definition) is 0. The van der Waals surface area contributed by atoms with Crippen LogP contribution in [0.15, 0.2) is 70.9 Å². The van der Waals surface area contributed by atoms with E-state index >= 15 is 0 Å². The molecule has 1 aromatic carbocycles. The minimum absolute atomic E-state index is 0.0263. The Kier molecular flexibility index (Phi) is 5.90. The maximum atomic E-state index is 12.9. The molecule has 0 aliphatic rings. The van der Waals surface area contributed by atoms with Gasteiger partial charge in [-0.1, -0.05) is 24.3 Å². The fourth-order valence-electron chi connectivity index (χ4n) is 2.58. The number of carbonyl (C=O) groups excluding carboxylic acids is 1. The average Bonchev–Trinajstić information content (AvgIpc) is 3.32. The third-order valence-corrected chi connectivity index (χ3v) is 4.81. The van der Waals surface area contributed by atoms with E-state index in [1.165, 1.54) is 4.88 Å². The molecular weight excluding hydrogens is 334 g/mol. The number of thiophene rings is 1. The maximum absolute atomic E-state index is 12.9. The fraction of sp³-hybridized carbons (Fsp3) is 0.250. The number of amides is 1. The number of carbonyl (C=O) groups is 1. The molecule has 0 N–H and O–H groups in total. The number of ether oxygens (including phenoxy) is 1. The van der Waals surface area contributed by atoms with Crippen LogP contribution < -0.4 is 4.74 Å². The molecular formula is C20H21NO3S. The fourth-order valence-corrected chi connectivity index (χ4v) is 3.28. The van der Waals surface area contributed by atoms with Gasteiger partial charge in [0.25, 0.3) is 5.91 Å². The van der Waals surface area contributed by atoms with Crippen LogP contribution >= 0.6 is 11.3 Å².